The highest BCUT2D eigenvalue weighted by Gasteiger charge is 2.08. The van der Waals surface area contributed by atoms with Crippen molar-refractivity contribution < 1.29 is 4.79 Å². The zero-order valence-corrected chi connectivity index (χ0v) is 11.8. The number of carbonyl (C=O) groups excluding carboxylic acids is 1. The molecule has 0 unspecified atom stereocenters. The highest BCUT2D eigenvalue weighted by Crippen LogP contribution is 2.31. The van der Waals surface area contributed by atoms with Crippen LogP contribution < -0.4 is 5.73 Å². The van der Waals surface area contributed by atoms with Gasteiger partial charge < -0.3 is 10.7 Å². The van der Waals surface area contributed by atoms with E-state index in [1.165, 1.54) is 12.3 Å². The second-order valence-corrected chi connectivity index (χ2v) is 5.74. The molecule has 0 aliphatic carbocycles. The van der Waals surface area contributed by atoms with Crippen LogP contribution in [0.5, 0.6) is 0 Å². The quantitative estimate of drug-likeness (QED) is 0.561. The maximum absolute atomic E-state index is 11.5. The number of anilines is 1. The van der Waals surface area contributed by atoms with Gasteiger partial charge >= 0.3 is 0 Å². The molecule has 100 valence electrons. The van der Waals surface area contributed by atoms with Crippen LogP contribution in [0.3, 0.4) is 0 Å². The summed E-state index contributed by atoms with van der Waals surface area (Å²) in [5.41, 5.74) is 8.02. The van der Waals surface area contributed by atoms with Gasteiger partial charge in [-0.3, -0.25) is 4.79 Å². The Labute approximate surface area is 121 Å². The van der Waals surface area contributed by atoms with E-state index in [9.17, 15) is 4.79 Å². The first-order chi connectivity index (χ1) is 9.63. The van der Waals surface area contributed by atoms with Gasteiger partial charge in [-0.25, -0.2) is 0 Å². The third kappa shape index (κ3) is 2.42. The predicted octanol–water partition coefficient (Wildman–Crippen LogP) is 4.10. The molecule has 0 aliphatic heterocycles. The summed E-state index contributed by atoms with van der Waals surface area (Å²) in [5.74, 6) is -0.0124. The number of benzene rings is 2. The highest BCUT2D eigenvalue weighted by atomic mass is 32.2. The molecule has 0 saturated heterocycles. The number of hydrogen-bond donors (Lipinski definition) is 2. The summed E-state index contributed by atoms with van der Waals surface area (Å²) in [7, 11) is 0. The van der Waals surface area contributed by atoms with E-state index in [4.69, 9.17) is 5.73 Å². The molecule has 0 saturated carbocycles. The smallest absolute Gasteiger partial charge is 0.161 e. The largest absolute Gasteiger partial charge is 0.398 e. The Morgan fingerprint density at radius 1 is 1.15 bits per heavy atom. The number of aromatic nitrogens is 1. The average molecular weight is 282 g/mol. The maximum Gasteiger partial charge on any atom is 0.161 e. The highest BCUT2D eigenvalue weighted by molar-refractivity contribution is 7.99. The van der Waals surface area contributed by atoms with Gasteiger partial charge in [0.25, 0.3) is 0 Å². The zero-order valence-electron chi connectivity index (χ0n) is 11.0. The Kier molecular flexibility index (Phi) is 3.24. The van der Waals surface area contributed by atoms with Crippen molar-refractivity contribution in [1.82, 2.24) is 4.98 Å². The second-order valence-electron chi connectivity index (χ2n) is 4.63. The Morgan fingerprint density at radius 2 is 1.95 bits per heavy atom. The summed E-state index contributed by atoms with van der Waals surface area (Å²) in [4.78, 5) is 15.9. The molecule has 3 rings (SSSR count). The number of rotatable bonds is 3. The topological polar surface area (TPSA) is 58.9 Å². The number of nitrogens with two attached hydrogens (primary N) is 1. The van der Waals surface area contributed by atoms with Gasteiger partial charge in [0.05, 0.1) is 5.03 Å². The van der Waals surface area contributed by atoms with Gasteiger partial charge in [-0.15, -0.1) is 0 Å². The van der Waals surface area contributed by atoms with Crippen LogP contribution in [0.25, 0.3) is 10.9 Å². The number of hydrogen-bond acceptors (Lipinski definition) is 3. The molecule has 0 atom stereocenters. The molecule has 0 aliphatic rings. The lowest BCUT2D eigenvalue weighted by Gasteiger charge is -2.04. The normalized spacial score (nSPS) is 10.8. The van der Waals surface area contributed by atoms with E-state index in [0.717, 1.165) is 15.4 Å². The molecule has 0 fully saturated rings. The van der Waals surface area contributed by atoms with E-state index >= 15 is 0 Å². The third-order valence-electron chi connectivity index (χ3n) is 3.14. The predicted molar refractivity (Wildman–Crippen MR) is 83.3 cm³/mol. The van der Waals surface area contributed by atoms with Gasteiger partial charge in [-0.1, -0.05) is 30.0 Å². The number of ketones is 1. The summed E-state index contributed by atoms with van der Waals surface area (Å²) in [6.07, 6.45) is 0. The molecule has 0 amide bonds. The molecule has 4 heteroatoms. The van der Waals surface area contributed by atoms with Crippen molar-refractivity contribution in [2.75, 3.05) is 5.73 Å². The molecular weight excluding hydrogens is 268 g/mol. The van der Waals surface area contributed by atoms with Crippen molar-refractivity contribution in [1.29, 1.82) is 0 Å². The van der Waals surface area contributed by atoms with E-state index in [1.807, 2.05) is 30.3 Å². The van der Waals surface area contributed by atoms with Crippen LogP contribution in [-0.2, 0) is 0 Å². The lowest BCUT2D eigenvalue weighted by molar-refractivity contribution is 0.101. The molecule has 0 radical (unpaired) electrons. The summed E-state index contributed by atoms with van der Waals surface area (Å²) >= 11 is 1.59. The second kappa shape index (κ2) is 5.06. The Balaban J connectivity index is 1.94. The van der Waals surface area contributed by atoms with Gasteiger partial charge in [0.1, 0.15) is 0 Å². The van der Waals surface area contributed by atoms with Gasteiger partial charge in [-0.05, 0) is 37.3 Å². The molecule has 1 aromatic heterocycles. The minimum Gasteiger partial charge on any atom is -0.398 e. The van der Waals surface area contributed by atoms with E-state index in [-0.39, 0.29) is 5.78 Å². The summed E-state index contributed by atoms with van der Waals surface area (Å²) in [5, 5.41) is 2.22. The van der Waals surface area contributed by atoms with Crippen LogP contribution in [0.1, 0.15) is 17.3 Å². The van der Waals surface area contributed by atoms with Crippen LogP contribution in [0, 0.1) is 0 Å². The fourth-order valence-electron chi connectivity index (χ4n) is 2.13. The molecular formula is C16H14N2OS. The molecule has 3 nitrogen and oxygen atoms in total. The molecule has 0 spiro atoms. The number of aromatic amines is 1. The number of nitrogen functional groups attached to an aromatic ring is 1. The molecule has 0 bridgehead atoms. The van der Waals surface area contributed by atoms with Crippen molar-refractivity contribution in [2.45, 2.75) is 16.8 Å². The van der Waals surface area contributed by atoms with Crippen LogP contribution >= 0.6 is 11.8 Å². The van der Waals surface area contributed by atoms with Crippen LogP contribution in [0.4, 0.5) is 5.69 Å². The molecule has 2 aromatic carbocycles. The zero-order chi connectivity index (χ0) is 14.1. The number of carbonyl (C=O) groups is 1. The first kappa shape index (κ1) is 12.8. The van der Waals surface area contributed by atoms with Gasteiger partial charge in [0, 0.05) is 27.0 Å². The minimum absolute atomic E-state index is 0.0124. The van der Waals surface area contributed by atoms with Gasteiger partial charge in [0.15, 0.2) is 5.78 Å². The summed E-state index contributed by atoms with van der Waals surface area (Å²) < 4.78 is 0. The number of para-hydroxylation sites is 1. The molecule has 20 heavy (non-hydrogen) atoms. The SMILES string of the molecule is CC(=O)c1cc(Sc2cc3ccccc3[nH]2)ccc1N. The fraction of sp³-hybridized carbons (Fsp3) is 0.0625. The Bertz CT molecular complexity index is 759. The lowest BCUT2D eigenvalue weighted by atomic mass is 10.1. The van der Waals surface area contributed by atoms with E-state index < -0.39 is 0 Å². The Morgan fingerprint density at radius 3 is 2.70 bits per heavy atom. The minimum atomic E-state index is -0.0124. The van der Waals surface area contributed by atoms with E-state index in [0.29, 0.717) is 11.3 Å². The van der Waals surface area contributed by atoms with Crippen molar-refractivity contribution in [3.05, 3.63) is 54.1 Å². The third-order valence-corrected chi connectivity index (χ3v) is 4.07. The Hall–Kier alpha value is -2.20. The van der Waals surface area contributed by atoms with Crippen LogP contribution in [0.2, 0.25) is 0 Å². The van der Waals surface area contributed by atoms with E-state index in [2.05, 4.69) is 17.1 Å². The first-order valence-corrected chi connectivity index (χ1v) is 7.11. The van der Waals surface area contributed by atoms with Crippen LogP contribution in [0.15, 0.2) is 58.5 Å². The van der Waals surface area contributed by atoms with Crippen molar-refractivity contribution in [2.24, 2.45) is 0 Å². The summed E-state index contributed by atoms with van der Waals surface area (Å²) in [6, 6.07) is 15.8. The number of Topliss-reactive ketones (excluding diaryl/α,β-unsaturated/α-hetero) is 1. The molecule has 3 aromatic rings. The summed E-state index contributed by atoms with van der Waals surface area (Å²) in [6.45, 7) is 1.53. The molecule has 3 N–H and O–H groups in total. The average Bonchev–Trinajstić information content (AvgIpc) is 2.82. The standard InChI is InChI=1S/C16H14N2OS/c1-10(19)13-9-12(6-7-14(13)17)20-16-8-11-4-2-3-5-15(11)18-16/h2-9,18H,17H2,1H3. The number of fused-ring (bicyclic) bond motifs is 1. The van der Waals surface area contributed by atoms with Crippen molar-refractivity contribution in [3.63, 3.8) is 0 Å². The fourth-order valence-corrected chi connectivity index (χ4v) is 3.05. The maximum atomic E-state index is 11.5. The van der Waals surface area contributed by atoms with Crippen LogP contribution in [-0.4, -0.2) is 10.8 Å². The van der Waals surface area contributed by atoms with E-state index in [1.54, 1.807) is 17.8 Å². The number of H-pyrrole nitrogens is 1. The van der Waals surface area contributed by atoms with Crippen molar-refractivity contribution in [3.8, 4) is 0 Å². The lowest BCUT2D eigenvalue weighted by Crippen LogP contribution is -1.99. The van der Waals surface area contributed by atoms with Gasteiger partial charge in [0.2, 0.25) is 0 Å². The first-order valence-electron chi connectivity index (χ1n) is 6.29. The number of nitrogens with one attached hydrogen (secondary N) is 1. The van der Waals surface area contributed by atoms with Gasteiger partial charge in [-0.2, -0.15) is 0 Å². The molecule has 1 heterocycles. The van der Waals surface area contributed by atoms with Crippen molar-refractivity contribution >= 4 is 34.1 Å². The monoisotopic (exact) mass is 282 g/mol.